The second kappa shape index (κ2) is 9.12. The fraction of sp³-hybridized carbons (Fsp3) is 0.241. The van der Waals surface area contributed by atoms with Crippen LogP contribution in [0, 0.1) is 18.6 Å². The number of pyridine rings is 1. The van der Waals surface area contributed by atoms with Gasteiger partial charge in [0.05, 0.1) is 5.69 Å². The first-order chi connectivity index (χ1) is 17.9. The Morgan fingerprint density at radius 2 is 1.84 bits per heavy atom. The molecule has 1 fully saturated rings. The summed E-state index contributed by atoms with van der Waals surface area (Å²) in [4.78, 5) is 19.9. The summed E-state index contributed by atoms with van der Waals surface area (Å²) in [7, 11) is 0. The quantitative estimate of drug-likeness (QED) is 0.372. The van der Waals surface area contributed by atoms with E-state index in [4.69, 9.17) is 10.7 Å². The lowest BCUT2D eigenvalue weighted by atomic mass is 10.1. The minimum Gasteiger partial charge on any atom is -0.337 e. The average molecular weight is 500 g/mol. The molecule has 188 valence electrons. The Morgan fingerprint density at radius 3 is 2.62 bits per heavy atom. The van der Waals surface area contributed by atoms with Gasteiger partial charge in [-0.25, -0.2) is 13.8 Å². The summed E-state index contributed by atoms with van der Waals surface area (Å²) in [6, 6.07) is 16.6. The summed E-state index contributed by atoms with van der Waals surface area (Å²) in [5.41, 5.74) is 11.5. The number of benzene rings is 2. The number of likely N-dealkylation sites (tertiary alicyclic amines) is 1. The third-order valence-electron chi connectivity index (χ3n) is 7.22. The van der Waals surface area contributed by atoms with Crippen molar-refractivity contribution in [3.05, 3.63) is 95.3 Å². The minimum absolute atomic E-state index is 0.00886. The number of hydrogen-bond donors (Lipinski definition) is 1. The maximum Gasteiger partial charge on any atom is 0.254 e. The van der Waals surface area contributed by atoms with Crippen LogP contribution in [0.25, 0.3) is 27.9 Å². The van der Waals surface area contributed by atoms with Crippen molar-refractivity contribution >= 4 is 22.5 Å². The van der Waals surface area contributed by atoms with E-state index in [1.54, 1.807) is 18.2 Å². The molecule has 6 rings (SSSR count). The van der Waals surface area contributed by atoms with Crippen molar-refractivity contribution in [1.29, 1.82) is 0 Å². The number of rotatable bonds is 4. The van der Waals surface area contributed by atoms with Gasteiger partial charge in [-0.15, -0.1) is 0 Å². The molecule has 0 unspecified atom stereocenters. The van der Waals surface area contributed by atoms with E-state index < -0.39 is 0 Å². The predicted molar refractivity (Wildman–Crippen MR) is 139 cm³/mol. The van der Waals surface area contributed by atoms with Crippen LogP contribution in [0.1, 0.15) is 34.5 Å². The number of imidazole rings is 1. The molecule has 0 aliphatic carbocycles. The second-order valence-corrected chi connectivity index (χ2v) is 9.79. The number of fused-ring (bicyclic) bond motifs is 2. The first kappa shape index (κ1) is 23.4. The van der Waals surface area contributed by atoms with Crippen LogP contribution >= 0.6 is 0 Å². The zero-order valence-corrected chi connectivity index (χ0v) is 20.5. The highest BCUT2D eigenvalue weighted by molar-refractivity contribution is 5.95. The lowest BCUT2D eigenvalue weighted by Crippen LogP contribution is -2.45. The molecule has 3 aromatic heterocycles. The Morgan fingerprint density at radius 1 is 1.05 bits per heavy atom. The van der Waals surface area contributed by atoms with E-state index in [1.165, 1.54) is 24.3 Å². The van der Waals surface area contributed by atoms with Gasteiger partial charge < -0.3 is 19.6 Å². The lowest BCUT2D eigenvalue weighted by Gasteiger charge is -2.30. The Balaban J connectivity index is 1.44. The number of aromatic nitrogens is 3. The van der Waals surface area contributed by atoms with Gasteiger partial charge in [-0.2, -0.15) is 0 Å². The fourth-order valence-corrected chi connectivity index (χ4v) is 5.30. The molecule has 1 aliphatic rings. The normalized spacial score (nSPS) is 16.1. The summed E-state index contributed by atoms with van der Waals surface area (Å²) in [6.07, 6.45) is 3.70. The SMILES string of the molecule is Cc1c(-c2cc3cc(F)ccc3n2Cc2ccc(F)cc2)nc2cc(C(=O)N3CCC[C@@H](N)C3)ccn12. The van der Waals surface area contributed by atoms with Gasteiger partial charge in [0.15, 0.2) is 0 Å². The summed E-state index contributed by atoms with van der Waals surface area (Å²) in [5.74, 6) is -0.650. The van der Waals surface area contributed by atoms with Crippen molar-refractivity contribution in [1.82, 2.24) is 18.9 Å². The third kappa shape index (κ3) is 4.27. The van der Waals surface area contributed by atoms with Gasteiger partial charge in [-0.05, 0) is 73.9 Å². The fourth-order valence-electron chi connectivity index (χ4n) is 5.30. The number of nitrogens with two attached hydrogens (primary N) is 1. The number of amides is 1. The molecule has 0 radical (unpaired) electrons. The zero-order chi connectivity index (χ0) is 25.7. The molecule has 1 saturated heterocycles. The molecule has 5 aromatic rings. The van der Waals surface area contributed by atoms with Gasteiger partial charge >= 0.3 is 0 Å². The largest absolute Gasteiger partial charge is 0.337 e. The number of aryl methyl sites for hydroxylation is 1. The van der Waals surface area contributed by atoms with E-state index in [2.05, 4.69) is 4.57 Å². The van der Waals surface area contributed by atoms with Crippen molar-refractivity contribution < 1.29 is 13.6 Å². The number of carbonyl (C=O) groups excluding carboxylic acids is 1. The standard InChI is InChI=1S/C29H27F2N5O/c1-18-28(33-27-15-20(10-12-35(18)27)29(37)34-11-2-3-24(32)17-34)26-14-21-13-23(31)8-9-25(21)36(26)16-19-4-6-22(30)7-5-19/h4-10,12-15,24H,2-3,11,16-17,32H2,1H3/t24-/m1/s1. The highest BCUT2D eigenvalue weighted by Crippen LogP contribution is 2.32. The van der Waals surface area contributed by atoms with E-state index >= 15 is 0 Å². The molecule has 8 heteroatoms. The average Bonchev–Trinajstić information content (AvgIpc) is 3.41. The predicted octanol–water partition coefficient (Wildman–Crippen LogP) is 5.15. The van der Waals surface area contributed by atoms with Crippen LogP contribution < -0.4 is 5.73 Å². The Kier molecular flexibility index (Phi) is 5.76. The maximum atomic E-state index is 14.1. The van der Waals surface area contributed by atoms with E-state index in [9.17, 15) is 13.6 Å². The smallest absolute Gasteiger partial charge is 0.254 e. The molecule has 4 heterocycles. The number of nitrogens with zero attached hydrogens (tertiary/aromatic N) is 4. The van der Waals surface area contributed by atoms with Gasteiger partial charge in [-0.3, -0.25) is 4.79 Å². The highest BCUT2D eigenvalue weighted by Gasteiger charge is 2.24. The molecule has 37 heavy (non-hydrogen) atoms. The van der Waals surface area contributed by atoms with Crippen LogP contribution in [0.2, 0.25) is 0 Å². The molecule has 2 aromatic carbocycles. The first-order valence-corrected chi connectivity index (χ1v) is 12.4. The van der Waals surface area contributed by atoms with Crippen LogP contribution in [-0.2, 0) is 6.54 Å². The van der Waals surface area contributed by atoms with E-state index in [0.29, 0.717) is 30.8 Å². The highest BCUT2D eigenvalue weighted by atomic mass is 19.1. The number of piperidine rings is 1. The van der Waals surface area contributed by atoms with Gasteiger partial charge in [0.2, 0.25) is 0 Å². The Hall–Kier alpha value is -4.04. The molecular weight excluding hydrogens is 472 g/mol. The second-order valence-electron chi connectivity index (χ2n) is 9.79. The molecule has 0 spiro atoms. The van der Waals surface area contributed by atoms with Gasteiger partial charge in [0, 0.05) is 54.0 Å². The molecule has 1 atom stereocenters. The van der Waals surface area contributed by atoms with Crippen molar-refractivity contribution in [2.45, 2.75) is 32.4 Å². The topological polar surface area (TPSA) is 68.6 Å². The van der Waals surface area contributed by atoms with Crippen LogP contribution in [-0.4, -0.2) is 43.9 Å². The summed E-state index contributed by atoms with van der Waals surface area (Å²) >= 11 is 0. The van der Waals surface area contributed by atoms with Crippen molar-refractivity contribution in [3.8, 4) is 11.4 Å². The van der Waals surface area contributed by atoms with Gasteiger partial charge in [0.1, 0.15) is 23.0 Å². The molecule has 0 saturated carbocycles. The van der Waals surface area contributed by atoms with Crippen LogP contribution in [0.5, 0.6) is 0 Å². The van der Waals surface area contributed by atoms with Crippen LogP contribution in [0.3, 0.4) is 0 Å². The van der Waals surface area contributed by atoms with Gasteiger partial charge in [-0.1, -0.05) is 12.1 Å². The number of carbonyl (C=O) groups is 1. The van der Waals surface area contributed by atoms with Crippen LogP contribution in [0.15, 0.2) is 66.9 Å². The summed E-state index contributed by atoms with van der Waals surface area (Å²) in [5, 5.41) is 0.755. The number of halogens is 2. The zero-order valence-electron chi connectivity index (χ0n) is 20.5. The minimum atomic E-state index is -0.315. The maximum absolute atomic E-state index is 14.1. The summed E-state index contributed by atoms with van der Waals surface area (Å²) in [6.45, 7) is 3.71. The molecule has 0 bridgehead atoms. The van der Waals surface area contributed by atoms with Gasteiger partial charge in [0.25, 0.3) is 5.91 Å². The van der Waals surface area contributed by atoms with Crippen LogP contribution in [0.4, 0.5) is 8.78 Å². The Bertz CT molecular complexity index is 1640. The molecule has 2 N–H and O–H groups in total. The molecule has 1 amide bonds. The molecular formula is C29H27F2N5O. The molecule has 1 aliphatic heterocycles. The van der Waals surface area contributed by atoms with E-state index in [-0.39, 0.29) is 23.6 Å². The van der Waals surface area contributed by atoms with Crippen molar-refractivity contribution in [3.63, 3.8) is 0 Å². The number of hydrogen-bond acceptors (Lipinski definition) is 3. The Labute approximate surface area is 212 Å². The lowest BCUT2D eigenvalue weighted by molar-refractivity contribution is 0.0709. The summed E-state index contributed by atoms with van der Waals surface area (Å²) < 4.78 is 31.6. The van der Waals surface area contributed by atoms with Crippen molar-refractivity contribution in [2.24, 2.45) is 5.73 Å². The van der Waals surface area contributed by atoms with Crippen molar-refractivity contribution in [2.75, 3.05) is 13.1 Å². The third-order valence-corrected chi connectivity index (χ3v) is 7.22. The monoisotopic (exact) mass is 499 g/mol. The molecule has 6 nitrogen and oxygen atoms in total. The van der Waals surface area contributed by atoms with E-state index in [0.717, 1.165) is 46.4 Å². The van der Waals surface area contributed by atoms with E-state index in [1.807, 2.05) is 40.6 Å². The first-order valence-electron chi connectivity index (χ1n) is 12.4.